The maximum Gasteiger partial charge on any atom is 0.229 e. The molecule has 0 amide bonds. The number of benzene rings is 2. The van der Waals surface area contributed by atoms with Crippen molar-refractivity contribution in [3.8, 4) is 0 Å². The molecule has 0 aliphatic carbocycles. The first-order valence-corrected chi connectivity index (χ1v) is 8.66. The number of hydrogen-bond acceptors (Lipinski definition) is 7. The zero-order valence-electron chi connectivity index (χ0n) is 14.1. The summed E-state index contributed by atoms with van der Waals surface area (Å²) in [4.78, 5) is 11.9. The van der Waals surface area contributed by atoms with Crippen molar-refractivity contribution < 1.29 is 0 Å². The number of anilines is 5. The summed E-state index contributed by atoms with van der Waals surface area (Å²) in [6.45, 7) is 0. The lowest BCUT2D eigenvalue weighted by Crippen LogP contribution is -2.12. The maximum atomic E-state index is 5.61. The summed E-state index contributed by atoms with van der Waals surface area (Å²) in [5.74, 6) is 1.34. The highest BCUT2D eigenvalue weighted by Gasteiger charge is 2.07. The van der Waals surface area contributed by atoms with Gasteiger partial charge in [0, 0.05) is 42.2 Å². The molecule has 2 aromatic carbocycles. The summed E-state index contributed by atoms with van der Waals surface area (Å²) in [5.41, 5.74) is 3.01. The van der Waals surface area contributed by atoms with Crippen molar-refractivity contribution in [1.29, 1.82) is 0 Å². The van der Waals surface area contributed by atoms with E-state index in [1.807, 2.05) is 73.6 Å². The van der Waals surface area contributed by atoms with E-state index in [0.29, 0.717) is 5.95 Å². The zero-order chi connectivity index (χ0) is 17.6. The molecule has 1 aromatic heterocycles. The molecular weight excluding hydrogens is 332 g/mol. The van der Waals surface area contributed by atoms with Gasteiger partial charge in [-0.2, -0.15) is 4.98 Å². The van der Waals surface area contributed by atoms with E-state index in [1.165, 1.54) is 11.9 Å². The van der Waals surface area contributed by atoms with Crippen LogP contribution >= 0.6 is 11.9 Å². The smallest absolute Gasteiger partial charge is 0.229 e. The molecular formula is C18H20N6S. The van der Waals surface area contributed by atoms with Gasteiger partial charge in [0.1, 0.15) is 5.82 Å². The topological polar surface area (TPSA) is 79.1 Å². The second kappa shape index (κ2) is 7.87. The van der Waals surface area contributed by atoms with Crippen LogP contribution in [0.5, 0.6) is 0 Å². The Morgan fingerprint density at radius 1 is 1.04 bits per heavy atom. The van der Waals surface area contributed by atoms with Crippen LogP contribution in [-0.2, 0) is 0 Å². The third-order valence-corrected chi connectivity index (χ3v) is 4.28. The first-order valence-electron chi connectivity index (χ1n) is 7.78. The van der Waals surface area contributed by atoms with E-state index in [4.69, 9.17) is 5.14 Å². The third-order valence-electron chi connectivity index (χ3n) is 3.75. The Balaban J connectivity index is 1.80. The van der Waals surface area contributed by atoms with Crippen LogP contribution in [0.25, 0.3) is 0 Å². The lowest BCUT2D eigenvalue weighted by molar-refractivity contribution is 1.08. The largest absolute Gasteiger partial charge is 0.388 e. The van der Waals surface area contributed by atoms with E-state index in [-0.39, 0.29) is 0 Å². The monoisotopic (exact) mass is 352 g/mol. The van der Waals surface area contributed by atoms with Crippen LogP contribution in [0.4, 0.5) is 28.8 Å². The normalized spacial score (nSPS) is 10.4. The minimum Gasteiger partial charge on any atom is -0.388 e. The number of nitrogens with one attached hydrogen (secondary N) is 2. The molecule has 0 aliphatic heterocycles. The third kappa shape index (κ3) is 4.20. The van der Waals surface area contributed by atoms with E-state index in [1.54, 1.807) is 6.20 Å². The molecule has 0 bridgehead atoms. The molecule has 0 atom stereocenters. The lowest BCUT2D eigenvalue weighted by Gasteiger charge is -2.19. The molecule has 0 saturated heterocycles. The van der Waals surface area contributed by atoms with Crippen molar-refractivity contribution in [1.82, 2.24) is 9.97 Å². The molecule has 128 valence electrons. The summed E-state index contributed by atoms with van der Waals surface area (Å²) in [6, 6.07) is 17.8. The van der Waals surface area contributed by atoms with Crippen LogP contribution in [-0.4, -0.2) is 24.1 Å². The first-order chi connectivity index (χ1) is 12.2. The van der Waals surface area contributed by atoms with Gasteiger partial charge in [0.05, 0.1) is 0 Å². The summed E-state index contributed by atoms with van der Waals surface area (Å²) < 4.78 is 0. The highest BCUT2D eigenvalue weighted by Crippen LogP contribution is 2.25. The van der Waals surface area contributed by atoms with E-state index in [2.05, 4.69) is 20.6 Å². The predicted octanol–water partition coefficient (Wildman–Crippen LogP) is 4.00. The van der Waals surface area contributed by atoms with Crippen LogP contribution in [0.3, 0.4) is 0 Å². The van der Waals surface area contributed by atoms with Gasteiger partial charge in [-0.15, -0.1) is 0 Å². The molecule has 0 saturated carbocycles. The minimum atomic E-state index is 0.537. The summed E-state index contributed by atoms with van der Waals surface area (Å²) in [6.07, 6.45) is 1.74. The molecule has 0 aliphatic rings. The molecule has 4 N–H and O–H groups in total. The standard InChI is InChI=1S/C18H20N6S/c1-20-13-6-8-15(9-7-13)24(2)17-10-11-21-18(23-17)22-14-4-3-5-16(12-14)25-19/h3-12,20H,19H2,1-2H3,(H,21,22,23). The number of hydrogen-bond donors (Lipinski definition) is 3. The Morgan fingerprint density at radius 2 is 1.84 bits per heavy atom. The Bertz CT molecular complexity index is 837. The molecule has 3 rings (SSSR count). The van der Waals surface area contributed by atoms with Crippen molar-refractivity contribution in [2.45, 2.75) is 4.90 Å². The van der Waals surface area contributed by atoms with Crippen LogP contribution in [0, 0.1) is 0 Å². The Kier molecular flexibility index (Phi) is 5.37. The van der Waals surface area contributed by atoms with Gasteiger partial charge in [-0.05, 0) is 60.5 Å². The molecule has 1 heterocycles. The second-order valence-electron chi connectivity index (χ2n) is 5.37. The van der Waals surface area contributed by atoms with Crippen LogP contribution in [0.2, 0.25) is 0 Å². The van der Waals surface area contributed by atoms with E-state index >= 15 is 0 Å². The van der Waals surface area contributed by atoms with Gasteiger partial charge >= 0.3 is 0 Å². The SMILES string of the molecule is CNc1ccc(N(C)c2ccnc(Nc3cccc(SN)c3)n2)cc1. The molecule has 0 radical (unpaired) electrons. The fourth-order valence-electron chi connectivity index (χ4n) is 2.36. The number of nitrogens with two attached hydrogens (primary N) is 1. The van der Waals surface area contributed by atoms with E-state index < -0.39 is 0 Å². The molecule has 7 heteroatoms. The van der Waals surface area contributed by atoms with Gasteiger partial charge in [0.25, 0.3) is 0 Å². The quantitative estimate of drug-likeness (QED) is 0.579. The Labute approximate surface area is 151 Å². The average Bonchev–Trinajstić information content (AvgIpc) is 2.68. The van der Waals surface area contributed by atoms with Gasteiger partial charge in [-0.3, -0.25) is 5.14 Å². The molecule has 0 unspecified atom stereocenters. The zero-order valence-corrected chi connectivity index (χ0v) is 14.9. The molecule has 6 nitrogen and oxygen atoms in total. The van der Waals surface area contributed by atoms with Crippen LogP contribution in [0.15, 0.2) is 65.7 Å². The van der Waals surface area contributed by atoms with Crippen LogP contribution in [0.1, 0.15) is 0 Å². The van der Waals surface area contributed by atoms with Gasteiger partial charge in [-0.1, -0.05) is 6.07 Å². The summed E-state index contributed by atoms with van der Waals surface area (Å²) >= 11 is 1.21. The first kappa shape index (κ1) is 17.1. The van der Waals surface area contributed by atoms with Gasteiger partial charge in [-0.25, -0.2) is 4.98 Å². The Morgan fingerprint density at radius 3 is 2.56 bits per heavy atom. The van der Waals surface area contributed by atoms with Crippen molar-refractivity contribution in [3.63, 3.8) is 0 Å². The van der Waals surface area contributed by atoms with Crippen LogP contribution < -0.4 is 20.7 Å². The molecule has 25 heavy (non-hydrogen) atoms. The Hall–Kier alpha value is -2.77. The van der Waals surface area contributed by atoms with Crippen molar-refractivity contribution in [3.05, 3.63) is 60.8 Å². The van der Waals surface area contributed by atoms with Crippen molar-refractivity contribution in [2.24, 2.45) is 5.14 Å². The fraction of sp³-hybridized carbons (Fsp3) is 0.111. The van der Waals surface area contributed by atoms with Crippen molar-refractivity contribution >= 4 is 40.8 Å². The fourth-order valence-corrected chi connectivity index (χ4v) is 2.71. The highest BCUT2D eigenvalue weighted by molar-refractivity contribution is 7.97. The van der Waals surface area contributed by atoms with Gasteiger partial charge < -0.3 is 15.5 Å². The lowest BCUT2D eigenvalue weighted by atomic mass is 10.2. The second-order valence-corrected chi connectivity index (χ2v) is 6.07. The van der Waals surface area contributed by atoms with E-state index in [9.17, 15) is 0 Å². The summed E-state index contributed by atoms with van der Waals surface area (Å²) in [5, 5.41) is 11.9. The molecule has 0 fully saturated rings. The minimum absolute atomic E-state index is 0.537. The van der Waals surface area contributed by atoms with Gasteiger partial charge in [0.2, 0.25) is 5.95 Å². The maximum absolute atomic E-state index is 5.61. The van der Waals surface area contributed by atoms with E-state index in [0.717, 1.165) is 27.8 Å². The predicted molar refractivity (Wildman–Crippen MR) is 106 cm³/mol. The average molecular weight is 352 g/mol. The molecule has 0 spiro atoms. The molecule has 3 aromatic rings. The highest BCUT2D eigenvalue weighted by atomic mass is 32.2. The number of aromatic nitrogens is 2. The van der Waals surface area contributed by atoms with Crippen molar-refractivity contribution in [2.75, 3.05) is 29.6 Å². The number of rotatable bonds is 6. The van der Waals surface area contributed by atoms with Gasteiger partial charge in [0.15, 0.2) is 0 Å². The summed E-state index contributed by atoms with van der Waals surface area (Å²) in [7, 11) is 3.88. The number of nitrogens with zero attached hydrogens (tertiary/aromatic N) is 3.